The van der Waals surface area contributed by atoms with Gasteiger partial charge < -0.3 is 15.9 Å². The standard InChI is InChI=1S/C12H17NO3/c1-8-2-4-9(5-3-8)12(16)10(13)6-7-11(14)15/h2-5,10,12,16H,6-7,13H2,1H3,(H,14,15). The Balaban J connectivity index is 2.59. The highest BCUT2D eigenvalue weighted by Gasteiger charge is 2.17. The maximum atomic E-state index is 10.4. The van der Waals surface area contributed by atoms with Crippen molar-refractivity contribution in [3.8, 4) is 0 Å². The summed E-state index contributed by atoms with van der Waals surface area (Å²) in [5, 5.41) is 18.4. The lowest BCUT2D eigenvalue weighted by molar-refractivity contribution is -0.137. The van der Waals surface area contributed by atoms with Crippen molar-refractivity contribution in [2.75, 3.05) is 0 Å². The van der Waals surface area contributed by atoms with Gasteiger partial charge >= 0.3 is 5.97 Å². The zero-order valence-electron chi connectivity index (χ0n) is 9.26. The van der Waals surface area contributed by atoms with Gasteiger partial charge in [-0.25, -0.2) is 0 Å². The number of aryl methyl sites for hydroxylation is 1. The largest absolute Gasteiger partial charge is 0.481 e. The van der Waals surface area contributed by atoms with Gasteiger partial charge in [-0.1, -0.05) is 29.8 Å². The number of carboxylic acids is 1. The molecule has 88 valence electrons. The Kier molecular flexibility index (Phi) is 4.46. The highest BCUT2D eigenvalue weighted by atomic mass is 16.4. The van der Waals surface area contributed by atoms with Crippen LogP contribution in [0.2, 0.25) is 0 Å². The molecule has 0 saturated carbocycles. The lowest BCUT2D eigenvalue weighted by Crippen LogP contribution is -2.29. The first-order valence-corrected chi connectivity index (χ1v) is 5.22. The summed E-state index contributed by atoms with van der Waals surface area (Å²) in [6.07, 6.45) is -0.561. The van der Waals surface area contributed by atoms with E-state index in [9.17, 15) is 9.90 Å². The molecule has 1 rings (SSSR count). The molecule has 1 aromatic rings. The lowest BCUT2D eigenvalue weighted by Gasteiger charge is -2.18. The van der Waals surface area contributed by atoms with Gasteiger partial charge in [0.15, 0.2) is 0 Å². The Morgan fingerprint density at radius 3 is 2.44 bits per heavy atom. The summed E-state index contributed by atoms with van der Waals surface area (Å²) in [6, 6.07) is 6.85. The van der Waals surface area contributed by atoms with Crippen molar-refractivity contribution in [1.29, 1.82) is 0 Å². The summed E-state index contributed by atoms with van der Waals surface area (Å²) >= 11 is 0. The smallest absolute Gasteiger partial charge is 0.303 e. The van der Waals surface area contributed by atoms with Gasteiger partial charge in [-0.3, -0.25) is 4.79 Å². The van der Waals surface area contributed by atoms with Crippen LogP contribution in [0.15, 0.2) is 24.3 Å². The van der Waals surface area contributed by atoms with Crippen molar-refractivity contribution in [2.45, 2.75) is 31.9 Å². The minimum atomic E-state index is -0.897. The zero-order valence-corrected chi connectivity index (χ0v) is 9.26. The summed E-state index contributed by atoms with van der Waals surface area (Å²) in [4.78, 5) is 10.4. The normalized spacial score (nSPS) is 14.4. The van der Waals surface area contributed by atoms with E-state index in [1.54, 1.807) is 12.1 Å². The molecule has 0 heterocycles. The first-order valence-electron chi connectivity index (χ1n) is 5.22. The minimum Gasteiger partial charge on any atom is -0.481 e. The zero-order chi connectivity index (χ0) is 12.1. The van der Waals surface area contributed by atoms with Gasteiger partial charge in [-0.2, -0.15) is 0 Å². The predicted octanol–water partition coefficient (Wildman–Crippen LogP) is 1.22. The van der Waals surface area contributed by atoms with Crippen LogP contribution >= 0.6 is 0 Å². The minimum absolute atomic E-state index is 0.0237. The molecule has 4 N–H and O–H groups in total. The molecule has 4 nitrogen and oxygen atoms in total. The second kappa shape index (κ2) is 5.63. The molecule has 16 heavy (non-hydrogen) atoms. The van der Waals surface area contributed by atoms with Crippen LogP contribution in [0.1, 0.15) is 30.1 Å². The number of nitrogens with two attached hydrogens (primary N) is 1. The molecule has 4 heteroatoms. The van der Waals surface area contributed by atoms with E-state index in [0.29, 0.717) is 0 Å². The van der Waals surface area contributed by atoms with E-state index in [4.69, 9.17) is 10.8 Å². The van der Waals surface area contributed by atoms with Gasteiger partial charge in [0.1, 0.15) is 0 Å². The van der Waals surface area contributed by atoms with E-state index in [0.717, 1.165) is 11.1 Å². The quantitative estimate of drug-likeness (QED) is 0.700. The molecular formula is C12H17NO3. The summed E-state index contributed by atoms with van der Waals surface area (Å²) in [5.41, 5.74) is 7.55. The first kappa shape index (κ1) is 12.7. The van der Waals surface area contributed by atoms with Gasteiger partial charge in [0, 0.05) is 12.5 Å². The maximum absolute atomic E-state index is 10.4. The second-order valence-electron chi connectivity index (χ2n) is 3.95. The number of carbonyl (C=O) groups is 1. The predicted molar refractivity (Wildman–Crippen MR) is 61.0 cm³/mol. The Labute approximate surface area is 94.7 Å². The molecule has 0 saturated heterocycles. The van der Waals surface area contributed by atoms with E-state index in [-0.39, 0.29) is 12.8 Å². The van der Waals surface area contributed by atoms with E-state index in [2.05, 4.69) is 0 Å². The van der Waals surface area contributed by atoms with Gasteiger partial charge in [0.25, 0.3) is 0 Å². The topological polar surface area (TPSA) is 83.5 Å². The van der Waals surface area contributed by atoms with Crippen LogP contribution in [0.4, 0.5) is 0 Å². The highest BCUT2D eigenvalue weighted by Crippen LogP contribution is 2.18. The van der Waals surface area contributed by atoms with Crippen molar-refractivity contribution in [1.82, 2.24) is 0 Å². The molecule has 0 aromatic heterocycles. The molecule has 1 aromatic carbocycles. The first-order chi connectivity index (χ1) is 7.50. The number of aliphatic hydroxyl groups excluding tert-OH is 1. The van der Waals surface area contributed by atoms with Gasteiger partial charge in [-0.05, 0) is 18.9 Å². The monoisotopic (exact) mass is 223 g/mol. The van der Waals surface area contributed by atoms with Gasteiger partial charge in [0.05, 0.1) is 6.10 Å². The van der Waals surface area contributed by atoms with Crippen LogP contribution in [0, 0.1) is 6.92 Å². The van der Waals surface area contributed by atoms with Crippen LogP contribution < -0.4 is 5.73 Å². The maximum Gasteiger partial charge on any atom is 0.303 e. The van der Waals surface area contributed by atoms with Crippen molar-refractivity contribution in [3.63, 3.8) is 0 Å². The highest BCUT2D eigenvalue weighted by molar-refractivity contribution is 5.66. The summed E-state index contributed by atoms with van der Waals surface area (Å²) in [5.74, 6) is -0.897. The Bertz CT molecular complexity index is 348. The summed E-state index contributed by atoms with van der Waals surface area (Å²) in [6.45, 7) is 1.96. The number of hydrogen-bond donors (Lipinski definition) is 3. The number of rotatable bonds is 5. The third-order valence-electron chi connectivity index (χ3n) is 2.52. The fourth-order valence-electron chi connectivity index (χ4n) is 1.46. The van der Waals surface area contributed by atoms with Gasteiger partial charge in [-0.15, -0.1) is 0 Å². The molecule has 2 atom stereocenters. The van der Waals surface area contributed by atoms with Crippen molar-refractivity contribution < 1.29 is 15.0 Å². The van der Waals surface area contributed by atoms with Crippen LogP contribution in [-0.4, -0.2) is 22.2 Å². The molecule has 0 amide bonds. The summed E-state index contributed by atoms with van der Waals surface area (Å²) in [7, 11) is 0. The Hall–Kier alpha value is -1.39. The molecule has 0 spiro atoms. The van der Waals surface area contributed by atoms with E-state index in [1.807, 2.05) is 19.1 Å². The number of aliphatic hydroxyl groups is 1. The van der Waals surface area contributed by atoms with E-state index < -0.39 is 18.1 Å². The average Bonchev–Trinajstić information content (AvgIpc) is 2.26. The fraction of sp³-hybridized carbons (Fsp3) is 0.417. The SMILES string of the molecule is Cc1ccc(C(O)C(N)CCC(=O)O)cc1. The molecule has 0 fully saturated rings. The molecule has 0 aliphatic heterocycles. The van der Waals surface area contributed by atoms with Crippen molar-refractivity contribution in [3.05, 3.63) is 35.4 Å². The molecular weight excluding hydrogens is 206 g/mol. The second-order valence-corrected chi connectivity index (χ2v) is 3.95. The van der Waals surface area contributed by atoms with Gasteiger partial charge in [0.2, 0.25) is 0 Å². The molecule has 0 aliphatic carbocycles. The summed E-state index contributed by atoms with van der Waals surface area (Å²) < 4.78 is 0. The lowest BCUT2D eigenvalue weighted by atomic mass is 9.98. The molecule has 0 radical (unpaired) electrons. The van der Waals surface area contributed by atoms with Crippen LogP contribution in [0.5, 0.6) is 0 Å². The Morgan fingerprint density at radius 2 is 1.94 bits per heavy atom. The Morgan fingerprint density at radius 1 is 1.38 bits per heavy atom. The molecule has 0 bridgehead atoms. The number of benzene rings is 1. The van der Waals surface area contributed by atoms with Crippen LogP contribution in [0.25, 0.3) is 0 Å². The molecule has 2 unspecified atom stereocenters. The van der Waals surface area contributed by atoms with Crippen LogP contribution in [-0.2, 0) is 4.79 Å². The fourth-order valence-corrected chi connectivity index (χ4v) is 1.46. The number of carboxylic acid groups (broad SMARTS) is 1. The van der Waals surface area contributed by atoms with E-state index in [1.165, 1.54) is 0 Å². The average molecular weight is 223 g/mol. The number of hydrogen-bond acceptors (Lipinski definition) is 3. The third-order valence-corrected chi connectivity index (χ3v) is 2.52. The van der Waals surface area contributed by atoms with E-state index >= 15 is 0 Å². The third kappa shape index (κ3) is 3.64. The van der Waals surface area contributed by atoms with Crippen LogP contribution in [0.3, 0.4) is 0 Å². The molecule has 0 aliphatic rings. The number of aliphatic carboxylic acids is 1. The van der Waals surface area contributed by atoms with Crippen molar-refractivity contribution in [2.24, 2.45) is 5.73 Å². The van der Waals surface area contributed by atoms with Crippen molar-refractivity contribution >= 4 is 5.97 Å².